The summed E-state index contributed by atoms with van der Waals surface area (Å²) in [4.78, 5) is 0. The second kappa shape index (κ2) is 5.90. The molecule has 0 bridgehead atoms. The lowest BCUT2D eigenvalue weighted by Crippen LogP contribution is -2.03. The van der Waals surface area contributed by atoms with Gasteiger partial charge in [0.1, 0.15) is 0 Å². The fraction of sp³-hybridized carbons (Fsp3) is 0.143. The molecule has 2 aromatic carbocycles. The van der Waals surface area contributed by atoms with E-state index in [0.717, 1.165) is 18.2 Å². The number of anilines is 3. The summed E-state index contributed by atoms with van der Waals surface area (Å²) in [5.41, 5.74) is 5.37. The van der Waals surface area contributed by atoms with Crippen LogP contribution in [-0.2, 0) is 0 Å². The highest BCUT2D eigenvalue weighted by Gasteiger charge is 2.15. The predicted octanol–water partition coefficient (Wildman–Crippen LogP) is 3.97. The lowest BCUT2D eigenvalue weighted by Gasteiger charge is -2.13. The molecule has 0 heterocycles. The summed E-state index contributed by atoms with van der Waals surface area (Å²) in [5, 5.41) is 2.48. The SMILES string of the molecule is CCOc1cc(Nc2ccc(F)c(F)c2F)c(N)cc1F. The third kappa shape index (κ3) is 3.01. The third-order valence-electron chi connectivity index (χ3n) is 2.71. The molecule has 0 atom stereocenters. The summed E-state index contributed by atoms with van der Waals surface area (Å²) in [6.45, 7) is 1.89. The van der Waals surface area contributed by atoms with Crippen molar-refractivity contribution in [2.24, 2.45) is 0 Å². The minimum absolute atomic E-state index is 0.0277. The number of hydrogen-bond acceptors (Lipinski definition) is 3. The first-order chi connectivity index (χ1) is 9.93. The molecule has 0 unspecified atom stereocenters. The van der Waals surface area contributed by atoms with E-state index >= 15 is 0 Å². The Hall–Kier alpha value is -2.44. The molecule has 0 radical (unpaired) electrons. The Morgan fingerprint density at radius 2 is 1.71 bits per heavy atom. The van der Waals surface area contributed by atoms with E-state index in [1.165, 1.54) is 6.07 Å². The number of halogens is 4. The fourth-order valence-electron chi connectivity index (χ4n) is 1.71. The van der Waals surface area contributed by atoms with Gasteiger partial charge in [-0.3, -0.25) is 0 Å². The van der Waals surface area contributed by atoms with Crippen molar-refractivity contribution < 1.29 is 22.3 Å². The molecular formula is C14H12F4N2O. The molecule has 0 amide bonds. The first-order valence-electron chi connectivity index (χ1n) is 6.06. The zero-order chi connectivity index (χ0) is 15.6. The maximum absolute atomic E-state index is 13.6. The van der Waals surface area contributed by atoms with Crippen molar-refractivity contribution in [2.75, 3.05) is 17.7 Å². The van der Waals surface area contributed by atoms with E-state index in [9.17, 15) is 17.6 Å². The predicted molar refractivity (Wildman–Crippen MR) is 71.6 cm³/mol. The molecule has 0 aliphatic carbocycles. The van der Waals surface area contributed by atoms with Gasteiger partial charge in [0.2, 0.25) is 0 Å². The highest BCUT2D eigenvalue weighted by Crippen LogP contribution is 2.32. The van der Waals surface area contributed by atoms with E-state index in [4.69, 9.17) is 10.5 Å². The summed E-state index contributed by atoms with van der Waals surface area (Å²) in [6, 6.07) is 3.99. The van der Waals surface area contributed by atoms with Gasteiger partial charge < -0.3 is 15.8 Å². The molecule has 112 valence electrons. The van der Waals surface area contributed by atoms with E-state index in [0.29, 0.717) is 0 Å². The molecule has 0 fully saturated rings. The standard InChI is InChI=1S/C14H12F4N2O/c1-2-21-12-6-11(9(19)5-8(12)16)20-10-4-3-7(15)13(17)14(10)18/h3-6,20H,2,19H2,1H3. The van der Waals surface area contributed by atoms with Crippen molar-refractivity contribution >= 4 is 17.1 Å². The largest absolute Gasteiger partial charge is 0.491 e. The monoisotopic (exact) mass is 300 g/mol. The number of rotatable bonds is 4. The van der Waals surface area contributed by atoms with Crippen LogP contribution in [0.5, 0.6) is 5.75 Å². The molecule has 0 aliphatic heterocycles. The normalized spacial score (nSPS) is 10.5. The first-order valence-corrected chi connectivity index (χ1v) is 6.06. The Labute approximate surface area is 118 Å². The smallest absolute Gasteiger partial charge is 0.196 e. The van der Waals surface area contributed by atoms with Gasteiger partial charge in [0.05, 0.1) is 23.7 Å². The fourth-order valence-corrected chi connectivity index (χ4v) is 1.71. The van der Waals surface area contributed by atoms with Crippen LogP contribution in [0.25, 0.3) is 0 Å². The summed E-state index contributed by atoms with van der Waals surface area (Å²) in [6.07, 6.45) is 0. The van der Waals surface area contributed by atoms with Crippen molar-refractivity contribution in [1.29, 1.82) is 0 Å². The highest BCUT2D eigenvalue weighted by atomic mass is 19.2. The minimum Gasteiger partial charge on any atom is -0.491 e. The Bertz CT molecular complexity index is 677. The molecule has 2 rings (SSSR count). The molecule has 7 heteroatoms. The van der Waals surface area contributed by atoms with Crippen LogP contribution in [0, 0.1) is 23.3 Å². The van der Waals surface area contributed by atoms with Crippen molar-refractivity contribution in [3.05, 3.63) is 47.5 Å². The van der Waals surface area contributed by atoms with Crippen LogP contribution in [0.15, 0.2) is 24.3 Å². The molecule has 0 saturated heterocycles. The van der Waals surface area contributed by atoms with Gasteiger partial charge >= 0.3 is 0 Å². The van der Waals surface area contributed by atoms with E-state index in [2.05, 4.69) is 5.32 Å². The Balaban J connectivity index is 2.40. The van der Waals surface area contributed by atoms with E-state index in [1.807, 2.05) is 0 Å². The highest BCUT2D eigenvalue weighted by molar-refractivity contribution is 5.74. The van der Waals surface area contributed by atoms with Gasteiger partial charge in [-0.1, -0.05) is 0 Å². The molecule has 3 N–H and O–H groups in total. The van der Waals surface area contributed by atoms with Crippen LogP contribution in [0.1, 0.15) is 6.92 Å². The number of benzene rings is 2. The summed E-state index contributed by atoms with van der Waals surface area (Å²) >= 11 is 0. The lowest BCUT2D eigenvalue weighted by atomic mass is 10.2. The quantitative estimate of drug-likeness (QED) is 0.510. The van der Waals surface area contributed by atoms with Crippen molar-refractivity contribution in [1.82, 2.24) is 0 Å². The zero-order valence-corrected chi connectivity index (χ0v) is 11.0. The van der Waals surface area contributed by atoms with E-state index in [1.54, 1.807) is 6.92 Å². The third-order valence-corrected chi connectivity index (χ3v) is 2.71. The van der Waals surface area contributed by atoms with E-state index in [-0.39, 0.29) is 29.4 Å². The second-order valence-electron chi connectivity index (χ2n) is 4.15. The summed E-state index contributed by atoms with van der Waals surface area (Å²) in [5.74, 6) is -5.06. The number of nitrogens with two attached hydrogens (primary N) is 1. The molecule has 0 aromatic heterocycles. The van der Waals surface area contributed by atoms with Crippen LogP contribution in [0.4, 0.5) is 34.6 Å². The molecule has 0 aliphatic rings. The Morgan fingerprint density at radius 1 is 1.00 bits per heavy atom. The molecule has 0 spiro atoms. The minimum atomic E-state index is -1.61. The Morgan fingerprint density at radius 3 is 2.38 bits per heavy atom. The Kier molecular flexibility index (Phi) is 4.21. The number of ether oxygens (including phenoxy) is 1. The van der Waals surface area contributed by atoms with Crippen LogP contribution in [0.3, 0.4) is 0 Å². The topological polar surface area (TPSA) is 47.3 Å². The van der Waals surface area contributed by atoms with Gasteiger partial charge in [0, 0.05) is 12.1 Å². The van der Waals surface area contributed by atoms with E-state index < -0.39 is 23.3 Å². The van der Waals surface area contributed by atoms with Gasteiger partial charge in [-0.25, -0.2) is 17.6 Å². The van der Waals surface area contributed by atoms with Crippen LogP contribution in [-0.4, -0.2) is 6.61 Å². The number of nitrogen functional groups attached to an aromatic ring is 1. The van der Waals surface area contributed by atoms with Gasteiger partial charge in [-0.2, -0.15) is 0 Å². The molecule has 3 nitrogen and oxygen atoms in total. The molecule has 0 saturated carbocycles. The van der Waals surface area contributed by atoms with Crippen molar-refractivity contribution in [2.45, 2.75) is 6.92 Å². The average Bonchev–Trinajstić information content (AvgIpc) is 2.44. The average molecular weight is 300 g/mol. The second-order valence-corrected chi connectivity index (χ2v) is 4.15. The maximum Gasteiger partial charge on any atom is 0.196 e. The van der Waals surface area contributed by atoms with Gasteiger partial charge in [0.15, 0.2) is 29.0 Å². The summed E-state index contributed by atoms with van der Waals surface area (Å²) in [7, 11) is 0. The van der Waals surface area contributed by atoms with Gasteiger partial charge in [-0.15, -0.1) is 0 Å². The van der Waals surface area contributed by atoms with Crippen molar-refractivity contribution in [3.8, 4) is 5.75 Å². The van der Waals surface area contributed by atoms with Crippen LogP contribution >= 0.6 is 0 Å². The van der Waals surface area contributed by atoms with Crippen LogP contribution < -0.4 is 15.8 Å². The first kappa shape index (κ1) is 15.0. The lowest BCUT2D eigenvalue weighted by molar-refractivity contribution is 0.322. The molecular weight excluding hydrogens is 288 g/mol. The molecule has 21 heavy (non-hydrogen) atoms. The number of nitrogens with one attached hydrogen (secondary N) is 1. The van der Waals surface area contributed by atoms with Gasteiger partial charge in [0.25, 0.3) is 0 Å². The number of hydrogen-bond donors (Lipinski definition) is 2. The summed E-state index contributed by atoms with van der Waals surface area (Å²) < 4.78 is 58.2. The maximum atomic E-state index is 13.6. The van der Waals surface area contributed by atoms with Crippen molar-refractivity contribution in [3.63, 3.8) is 0 Å². The van der Waals surface area contributed by atoms with Gasteiger partial charge in [-0.05, 0) is 19.1 Å². The zero-order valence-electron chi connectivity index (χ0n) is 11.0. The van der Waals surface area contributed by atoms with Crippen LogP contribution in [0.2, 0.25) is 0 Å². The molecule has 2 aromatic rings.